The normalized spacial score (nSPS) is 16.5. The maximum absolute atomic E-state index is 12.9. The fraction of sp³-hybridized carbons (Fsp3) is 0.333. The van der Waals surface area contributed by atoms with Crippen molar-refractivity contribution in [2.45, 2.75) is 4.90 Å². The maximum atomic E-state index is 12.9. The van der Waals surface area contributed by atoms with Crippen molar-refractivity contribution in [1.29, 1.82) is 0 Å². The van der Waals surface area contributed by atoms with E-state index < -0.39 is 0 Å². The van der Waals surface area contributed by atoms with E-state index in [2.05, 4.69) is 46.2 Å². The zero-order valence-corrected chi connectivity index (χ0v) is 15.3. The summed E-state index contributed by atoms with van der Waals surface area (Å²) >= 11 is 1.80. The molecule has 25 heavy (non-hydrogen) atoms. The number of thioether (sulfide) groups is 1. The standard InChI is InChI=1S/C21H25FN2S/c22-20-8-10-21(11-9-20)25-18-17-24-15-13-23(14-16-24)12-4-7-19-5-2-1-3-6-19/h1-11H,12-18H2/b7-4+. The Hall–Kier alpha value is -1.62. The molecule has 3 rings (SSSR count). The smallest absolute Gasteiger partial charge is 0.123 e. The first-order valence-electron chi connectivity index (χ1n) is 8.84. The zero-order chi connectivity index (χ0) is 17.3. The van der Waals surface area contributed by atoms with E-state index in [-0.39, 0.29) is 5.82 Å². The Morgan fingerprint density at radius 3 is 2.28 bits per heavy atom. The predicted molar refractivity (Wildman–Crippen MR) is 105 cm³/mol. The maximum Gasteiger partial charge on any atom is 0.123 e. The third-order valence-electron chi connectivity index (χ3n) is 4.43. The highest BCUT2D eigenvalue weighted by Gasteiger charge is 2.15. The van der Waals surface area contributed by atoms with Gasteiger partial charge in [-0.1, -0.05) is 42.5 Å². The van der Waals surface area contributed by atoms with Crippen molar-refractivity contribution in [1.82, 2.24) is 9.80 Å². The molecule has 0 aromatic heterocycles. The Morgan fingerprint density at radius 2 is 1.56 bits per heavy atom. The van der Waals surface area contributed by atoms with Gasteiger partial charge in [-0.3, -0.25) is 9.80 Å². The highest BCUT2D eigenvalue weighted by molar-refractivity contribution is 7.99. The molecule has 1 fully saturated rings. The number of rotatable bonds is 7. The summed E-state index contributed by atoms with van der Waals surface area (Å²) in [6.45, 7) is 6.62. The second-order valence-electron chi connectivity index (χ2n) is 6.26. The molecule has 0 radical (unpaired) electrons. The summed E-state index contributed by atoms with van der Waals surface area (Å²) in [6.07, 6.45) is 4.46. The molecule has 0 spiro atoms. The Balaban J connectivity index is 1.32. The molecule has 0 bridgehead atoms. The molecule has 1 heterocycles. The Morgan fingerprint density at radius 1 is 0.880 bits per heavy atom. The number of hydrogen-bond donors (Lipinski definition) is 0. The molecule has 1 aliphatic heterocycles. The van der Waals surface area contributed by atoms with Crippen molar-refractivity contribution in [2.75, 3.05) is 45.0 Å². The van der Waals surface area contributed by atoms with Crippen LogP contribution >= 0.6 is 11.8 Å². The number of piperazine rings is 1. The lowest BCUT2D eigenvalue weighted by atomic mass is 10.2. The third kappa shape index (κ3) is 6.31. The number of hydrogen-bond acceptors (Lipinski definition) is 3. The van der Waals surface area contributed by atoms with Crippen LogP contribution in [0.25, 0.3) is 6.08 Å². The van der Waals surface area contributed by atoms with Gasteiger partial charge in [0.1, 0.15) is 5.82 Å². The molecule has 2 nitrogen and oxygen atoms in total. The molecule has 132 valence electrons. The molecule has 0 unspecified atom stereocenters. The minimum Gasteiger partial charge on any atom is -0.300 e. The quantitative estimate of drug-likeness (QED) is 0.685. The highest BCUT2D eigenvalue weighted by Crippen LogP contribution is 2.18. The lowest BCUT2D eigenvalue weighted by Crippen LogP contribution is -2.46. The van der Waals surface area contributed by atoms with E-state index in [1.54, 1.807) is 11.8 Å². The van der Waals surface area contributed by atoms with Gasteiger partial charge in [0, 0.05) is 49.9 Å². The molecule has 0 saturated carbocycles. The van der Waals surface area contributed by atoms with Crippen LogP contribution in [0.4, 0.5) is 4.39 Å². The van der Waals surface area contributed by atoms with Crippen LogP contribution in [-0.4, -0.2) is 54.8 Å². The van der Waals surface area contributed by atoms with Crippen molar-refractivity contribution in [2.24, 2.45) is 0 Å². The molecule has 1 saturated heterocycles. The first kappa shape index (κ1) is 18.2. The van der Waals surface area contributed by atoms with E-state index in [9.17, 15) is 4.39 Å². The van der Waals surface area contributed by atoms with Crippen LogP contribution < -0.4 is 0 Å². The minimum absolute atomic E-state index is 0.165. The second kappa shape index (κ2) is 9.76. The summed E-state index contributed by atoms with van der Waals surface area (Å²) in [5.74, 6) is 0.890. The summed E-state index contributed by atoms with van der Waals surface area (Å²) in [5.41, 5.74) is 1.26. The van der Waals surface area contributed by atoms with Crippen LogP contribution in [0.5, 0.6) is 0 Å². The first-order valence-corrected chi connectivity index (χ1v) is 9.83. The first-order chi connectivity index (χ1) is 12.3. The second-order valence-corrected chi connectivity index (χ2v) is 7.43. The fourth-order valence-electron chi connectivity index (χ4n) is 2.92. The average molecular weight is 357 g/mol. The summed E-state index contributed by atoms with van der Waals surface area (Å²) in [5, 5.41) is 0. The van der Waals surface area contributed by atoms with Crippen LogP contribution in [0, 0.1) is 5.82 Å². The van der Waals surface area contributed by atoms with Gasteiger partial charge in [0.05, 0.1) is 0 Å². The Labute approximate surface area is 154 Å². The van der Waals surface area contributed by atoms with Crippen LogP contribution in [0.15, 0.2) is 65.6 Å². The molecule has 2 aromatic carbocycles. The molecule has 0 amide bonds. The van der Waals surface area contributed by atoms with Gasteiger partial charge in [-0.25, -0.2) is 4.39 Å². The molecular weight excluding hydrogens is 331 g/mol. The number of benzene rings is 2. The molecule has 0 N–H and O–H groups in total. The fourth-order valence-corrected chi connectivity index (χ4v) is 3.83. The largest absolute Gasteiger partial charge is 0.300 e. The minimum atomic E-state index is -0.165. The van der Waals surface area contributed by atoms with Crippen molar-refractivity contribution in [3.63, 3.8) is 0 Å². The summed E-state index contributed by atoms with van der Waals surface area (Å²) in [4.78, 5) is 6.17. The zero-order valence-electron chi connectivity index (χ0n) is 14.5. The lowest BCUT2D eigenvalue weighted by Gasteiger charge is -2.34. The highest BCUT2D eigenvalue weighted by atomic mass is 32.2. The van der Waals surface area contributed by atoms with Gasteiger partial charge in [-0.05, 0) is 29.8 Å². The van der Waals surface area contributed by atoms with Gasteiger partial charge in [-0.15, -0.1) is 11.8 Å². The summed E-state index contributed by atoms with van der Waals surface area (Å²) < 4.78 is 12.9. The van der Waals surface area contributed by atoms with Crippen molar-refractivity contribution in [3.8, 4) is 0 Å². The van der Waals surface area contributed by atoms with E-state index in [0.29, 0.717) is 0 Å². The van der Waals surface area contributed by atoms with Gasteiger partial charge < -0.3 is 0 Å². The molecule has 2 aromatic rings. The van der Waals surface area contributed by atoms with Gasteiger partial charge >= 0.3 is 0 Å². The van der Waals surface area contributed by atoms with E-state index in [4.69, 9.17) is 0 Å². The van der Waals surface area contributed by atoms with Crippen LogP contribution in [0.2, 0.25) is 0 Å². The molecular formula is C21H25FN2S. The van der Waals surface area contributed by atoms with Gasteiger partial charge in [0.25, 0.3) is 0 Å². The summed E-state index contributed by atoms with van der Waals surface area (Å²) in [7, 11) is 0. The van der Waals surface area contributed by atoms with Crippen molar-refractivity contribution < 1.29 is 4.39 Å². The molecule has 0 aliphatic carbocycles. The molecule has 0 atom stereocenters. The third-order valence-corrected chi connectivity index (χ3v) is 5.42. The van der Waals surface area contributed by atoms with Gasteiger partial charge in [0.2, 0.25) is 0 Å². The predicted octanol–water partition coefficient (Wildman–Crippen LogP) is 4.25. The lowest BCUT2D eigenvalue weighted by molar-refractivity contribution is 0.149. The Bertz CT molecular complexity index is 649. The van der Waals surface area contributed by atoms with Crippen LogP contribution in [0.3, 0.4) is 0 Å². The number of halogens is 1. The van der Waals surface area contributed by atoms with E-state index in [0.717, 1.165) is 49.9 Å². The SMILES string of the molecule is Fc1ccc(SCCN2CCN(C/C=C/c3ccccc3)CC2)cc1. The Kier molecular flexibility index (Phi) is 7.10. The van der Waals surface area contributed by atoms with Gasteiger partial charge in [0.15, 0.2) is 0 Å². The van der Waals surface area contributed by atoms with E-state index >= 15 is 0 Å². The van der Waals surface area contributed by atoms with Crippen molar-refractivity contribution in [3.05, 3.63) is 72.1 Å². The topological polar surface area (TPSA) is 6.48 Å². The van der Waals surface area contributed by atoms with E-state index in [1.807, 2.05) is 18.2 Å². The summed E-state index contributed by atoms with van der Waals surface area (Å²) in [6, 6.07) is 17.2. The van der Waals surface area contributed by atoms with Crippen molar-refractivity contribution >= 4 is 17.8 Å². The monoisotopic (exact) mass is 356 g/mol. The van der Waals surface area contributed by atoms with Crippen LogP contribution in [0.1, 0.15) is 5.56 Å². The van der Waals surface area contributed by atoms with Gasteiger partial charge in [-0.2, -0.15) is 0 Å². The van der Waals surface area contributed by atoms with Crippen LogP contribution in [-0.2, 0) is 0 Å². The molecule has 1 aliphatic rings. The van der Waals surface area contributed by atoms with E-state index in [1.165, 1.54) is 17.7 Å². The average Bonchev–Trinajstić information content (AvgIpc) is 2.66. The molecule has 4 heteroatoms. The number of nitrogens with zero attached hydrogens (tertiary/aromatic N) is 2.